The van der Waals surface area contributed by atoms with Gasteiger partial charge < -0.3 is 19.1 Å². The summed E-state index contributed by atoms with van der Waals surface area (Å²) >= 11 is 6.41. The number of carbonyl (C=O) groups excluding carboxylic acids is 1. The number of ether oxygens (including phenoxy) is 3. The van der Waals surface area contributed by atoms with Crippen LogP contribution in [0.15, 0.2) is 30.9 Å². The third-order valence-corrected chi connectivity index (χ3v) is 7.24. The van der Waals surface area contributed by atoms with Crippen molar-refractivity contribution in [3.8, 4) is 17.6 Å². The Morgan fingerprint density at radius 1 is 1.23 bits per heavy atom. The number of nitrogens with zero attached hydrogens (tertiary/aromatic N) is 6. The molecule has 4 heterocycles. The minimum atomic E-state index is -0.306. The van der Waals surface area contributed by atoms with Crippen molar-refractivity contribution in [3.05, 3.63) is 41.4 Å². The van der Waals surface area contributed by atoms with Gasteiger partial charge in [-0.05, 0) is 38.0 Å². The van der Waals surface area contributed by atoms with E-state index >= 15 is 0 Å². The number of benzene rings is 1. The summed E-state index contributed by atoms with van der Waals surface area (Å²) in [7, 11) is 0. The average Bonchev–Trinajstić information content (AvgIpc) is 3.40. The van der Waals surface area contributed by atoms with E-state index in [-0.39, 0.29) is 29.6 Å². The highest BCUT2D eigenvalue weighted by Crippen LogP contribution is 2.40. The van der Waals surface area contributed by atoms with Crippen molar-refractivity contribution < 1.29 is 19.0 Å². The Bertz CT molecular complexity index is 1340. The lowest BCUT2D eigenvalue weighted by atomic mass is 9.84. The smallest absolute Gasteiger partial charge is 0.410 e. The van der Waals surface area contributed by atoms with Crippen LogP contribution < -0.4 is 4.74 Å². The van der Waals surface area contributed by atoms with E-state index in [0.717, 1.165) is 12.8 Å². The van der Waals surface area contributed by atoms with Crippen LogP contribution in [0, 0.1) is 23.2 Å². The first-order valence-electron chi connectivity index (χ1n) is 11.5. The second-order valence-corrected chi connectivity index (χ2v) is 10.0. The number of nitriles is 1. The Labute approximate surface area is 206 Å². The number of amides is 1. The molecule has 35 heavy (non-hydrogen) atoms. The third kappa shape index (κ3) is 4.05. The predicted octanol–water partition coefficient (Wildman–Crippen LogP) is 3.36. The van der Waals surface area contributed by atoms with Crippen LogP contribution >= 0.6 is 11.6 Å². The normalized spacial score (nSPS) is 24.6. The molecule has 2 bridgehead atoms. The van der Waals surface area contributed by atoms with Crippen LogP contribution in [-0.4, -0.2) is 68.5 Å². The van der Waals surface area contributed by atoms with E-state index in [0.29, 0.717) is 59.6 Å². The molecule has 3 aromatic rings. The van der Waals surface area contributed by atoms with Crippen LogP contribution in [-0.2, 0) is 9.47 Å². The van der Waals surface area contributed by atoms with Crippen molar-refractivity contribution in [2.24, 2.45) is 11.8 Å². The molecule has 10 nitrogen and oxygen atoms in total. The van der Waals surface area contributed by atoms with Crippen molar-refractivity contribution >= 4 is 28.9 Å². The summed E-state index contributed by atoms with van der Waals surface area (Å²) in [5.74, 6) is 0.353. The molecular weight excluding hydrogens is 472 g/mol. The summed E-state index contributed by atoms with van der Waals surface area (Å²) in [4.78, 5) is 27.7. The maximum atomic E-state index is 12.7. The van der Waals surface area contributed by atoms with Crippen molar-refractivity contribution in [3.63, 3.8) is 0 Å². The van der Waals surface area contributed by atoms with Gasteiger partial charge in [0.05, 0.1) is 35.6 Å². The minimum Gasteiger partial charge on any atom is -0.472 e. The molecule has 2 unspecified atom stereocenters. The van der Waals surface area contributed by atoms with Gasteiger partial charge in [-0.25, -0.2) is 14.8 Å². The molecule has 1 aliphatic carbocycles. The molecule has 0 spiro atoms. The third-order valence-electron chi connectivity index (χ3n) is 6.93. The molecule has 2 aromatic heterocycles. The second kappa shape index (κ2) is 8.36. The summed E-state index contributed by atoms with van der Waals surface area (Å²) in [6.45, 7) is 3.95. The number of fused-ring (bicyclic) bond motifs is 3. The zero-order chi connectivity index (χ0) is 24.2. The van der Waals surface area contributed by atoms with E-state index < -0.39 is 0 Å². The van der Waals surface area contributed by atoms with Crippen LogP contribution in [0.1, 0.15) is 25.3 Å². The predicted molar refractivity (Wildman–Crippen MR) is 124 cm³/mol. The molecule has 6 rings (SSSR count). The maximum absolute atomic E-state index is 12.7. The first-order chi connectivity index (χ1) is 16.9. The minimum absolute atomic E-state index is 0.0119. The lowest BCUT2D eigenvalue weighted by Crippen LogP contribution is -2.59. The van der Waals surface area contributed by atoms with Crippen LogP contribution in [0.3, 0.4) is 0 Å². The summed E-state index contributed by atoms with van der Waals surface area (Å²) in [5, 5.41) is 9.52. The topological polar surface area (TPSA) is 115 Å². The Hall–Kier alpha value is -3.42. The van der Waals surface area contributed by atoms with Gasteiger partial charge in [0.25, 0.3) is 0 Å². The van der Waals surface area contributed by atoms with Crippen molar-refractivity contribution in [2.45, 2.75) is 31.5 Å². The number of imidazole rings is 1. The number of carbonyl (C=O) groups is 1. The SMILES string of the molecule is CC1(OC(=O)N2CC3COCC(C2)C3Oc2ncnc3c2ncn3-c2ccc(C#N)cc2Cl)CC1. The quantitative estimate of drug-likeness (QED) is 0.542. The van der Waals surface area contributed by atoms with Gasteiger partial charge in [0.2, 0.25) is 5.88 Å². The Kier molecular flexibility index (Phi) is 5.27. The fourth-order valence-corrected chi connectivity index (χ4v) is 5.04. The fraction of sp³-hybridized carbons (Fsp3) is 0.458. The number of hydrogen-bond donors (Lipinski definition) is 0. The number of halogens is 1. The van der Waals surface area contributed by atoms with Gasteiger partial charge in [-0.3, -0.25) is 4.57 Å². The molecular formula is C24H23ClN6O4. The number of rotatable bonds is 4. The Morgan fingerprint density at radius 2 is 2.00 bits per heavy atom. The van der Waals surface area contributed by atoms with Gasteiger partial charge >= 0.3 is 6.09 Å². The average molecular weight is 495 g/mol. The number of aromatic nitrogens is 4. The van der Waals surface area contributed by atoms with Crippen LogP contribution in [0.5, 0.6) is 5.88 Å². The first kappa shape index (κ1) is 22.1. The van der Waals surface area contributed by atoms with Crippen molar-refractivity contribution in [2.75, 3.05) is 26.3 Å². The van der Waals surface area contributed by atoms with Crippen LogP contribution in [0.2, 0.25) is 5.02 Å². The van der Waals surface area contributed by atoms with Gasteiger partial charge in [-0.15, -0.1) is 0 Å². The molecule has 180 valence electrons. The zero-order valence-corrected chi connectivity index (χ0v) is 19.8. The Balaban J connectivity index is 1.25. The first-order valence-corrected chi connectivity index (χ1v) is 11.9. The Morgan fingerprint density at radius 3 is 2.69 bits per heavy atom. The highest BCUT2D eigenvalue weighted by Gasteiger charge is 2.47. The lowest BCUT2D eigenvalue weighted by molar-refractivity contribution is -0.111. The maximum Gasteiger partial charge on any atom is 0.410 e. The molecule has 2 aliphatic heterocycles. The van der Waals surface area contributed by atoms with Crippen molar-refractivity contribution in [1.29, 1.82) is 5.26 Å². The van der Waals surface area contributed by atoms with E-state index in [4.69, 9.17) is 31.1 Å². The highest BCUT2D eigenvalue weighted by atomic mass is 35.5. The largest absolute Gasteiger partial charge is 0.472 e. The van der Waals surface area contributed by atoms with Gasteiger partial charge in [0, 0.05) is 24.9 Å². The molecule has 0 N–H and O–H groups in total. The van der Waals surface area contributed by atoms with E-state index in [1.54, 1.807) is 34.0 Å². The summed E-state index contributed by atoms with van der Waals surface area (Å²) in [6.07, 6.45) is 4.44. The lowest BCUT2D eigenvalue weighted by Gasteiger charge is -2.45. The number of likely N-dealkylation sites (tertiary alicyclic amines) is 1. The molecule has 1 aromatic carbocycles. The van der Waals surface area contributed by atoms with Crippen molar-refractivity contribution in [1.82, 2.24) is 24.4 Å². The second-order valence-electron chi connectivity index (χ2n) is 9.61. The fourth-order valence-electron chi connectivity index (χ4n) is 4.77. The van der Waals surface area contributed by atoms with Gasteiger partial charge in [0.15, 0.2) is 11.2 Å². The van der Waals surface area contributed by atoms with E-state index in [9.17, 15) is 4.79 Å². The van der Waals surface area contributed by atoms with E-state index in [1.165, 1.54) is 6.33 Å². The zero-order valence-electron chi connectivity index (χ0n) is 19.1. The number of piperidine rings is 1. The van der Waals surface area contributed by atoms with E-state index in [1.807, 2.05) is 6.92 Å². The van der Waals surface area contributed by atoms with Gasteiger partial charge in [0.1, 0.15) is 24.4 Å². The molecule has 0 radical (unpaired) electrons. The molecule has 3 fully saturated rings. The van der Waals surface area contributed by atoms with Gasteiger partial charge in [-0.2, -0.15) is 10.2 Å². The highest BCUT2D eigenvalue weighted by molar-refractivity contribution is 6.32. The number of hydrogen-bond acceptors (Lipinski definition) is 8. The molecule has 3 aliphatic rings. The standard InChI is InChI=1S/C24H23ClN6O4/c1-24(4-5-24)35-23(32)30-8-15-10-33-11-16(9-30)20(15)34-22-19-21(27-12-28-22)31(13-29-19)18-3-2-14(7-26)6-17(18)25/h2-3,6,12-13,15-16,20H,4-5,8-11H2,1H3. The summed E-state index contributed by atoms with van der Waals surface area (Å²) in [6, 6.07) is 7.12. The molecule has 1 saturated carbocycles. The van der Waals surface area contributed by atoms with Crippen LogP contribution in [0.4, 0.5) is 4.79 Å². The van der Waals surface area contributed by atoms with Crippen LogP contribution in [0.25, 0.3) is 16.9 Å². The molecule has 1 amide bonds. The summed E-state index contributed by atoms with van der Waals surface area (Å²) < 4.78 is 19.6. The summed E-state index contributed by atoms with van der Waals surface area (Å²) in [5.41, 5.74) is 1.87. The monoisotopic (exact) mass is 494 g/mol. The van der Waals surface area contributed by atoms with Gasteiger partial charge in [-0.1, -0.05) is 11.6 Å². The molecule has 2 saturated heterocycles. The molecule has 11 heteroatoms. The van der Waals surface area contributed by atoms with E-state index in [2.05, 4.69) is 21.0 Å². The molecule has 2 atom stereocenters.